The van der Waals surface area contributed by atoms with Crippen LogP contribution < -0.4 is 5.43 Å². The average molecular weight is 449 g/mol. The molecule has 0 saturated heterocycles. The smallest absolute Gasteiger partial charge is 0.203 e. The molecule has 1 aliphatic rings. The Morgan fingerprint density at radius 2 is 1.91 bits per heavy atom. The Hall–Kier alpha value is -4.20. The summed E-state index contributed by atoms with van der Waals surface area (Å²) >= 11 is 1.51. The van der Waals surface area contributed by atoms with E-state index in [1.807, 2.05) is 53.4 Å². The van der Waals surface area contributed by atoms with E-state index in [0.717, 1.165) is 27.3 Å². The second-order valence-electron chi connectivity index (χ2n) is 7.75. The summed E-state index contributed by atoms with van der Waals surface area (Å²) in [6.07, 6.45) is 9.71. The lowest BCUT2D eigenvalue weighted by atomic mass is 10.1. The van der Waals surface area contributed by atoms with Crippen molar-refractivity contribution in [2.45, 2.75) is 19.4 Å². The molecular formula is C26H20N6S. The molecule has 6 nitrogen and oxygen atoms in total. The Balaban J connectivity index is 1.35. The first-order valence-corrected chi connectivity index (χ1v) is 11.4. The third-order valence-corrected chi connectivity index (χ3v) is 6.15. The van der Waals surface area contributed by atoms with Crippen LogP contribution in [0, 0.1) is 29.1 Å². The highest BCUT2D eigenvalue weighted by molar-refractivity contribution is 7.18. The summed E-state index contributed by atoms with van der Waals surface area (Å²) in [6, 6.07) is 17.8. The molecule has 1 fully saturated rings. The largest absolute Gasteiger partial charge is 0.331 e. The maximum absolute atomic E-state index is 8.98. The number of thiazole rings is 1. The van der Waals surface area contributed by atoms with Gasteiger partial charge in [-0.3, -0.25) is 5.43 Å². The number of aromatic nitrogens is 3. The lowest BCUT2D eigenvalue weighted by molar-refractivity contribution is 0.848. The van der Waals surface area contributed by atoms with Crippen molar-refractivity contribution in [3.05, 3.63) is 90.1 Å². The van der Waals surface area contributed by atoms with E-state index in [2.05, 4.69) is 50.5 Å². The molecule has 0 amide bonds. The summed E-state index contributed by atoms with van der Waals surface area (Å²) in [5, 5.41) is 14.4. The fourth-order valence-electron chi connectivity index (χ4n) is 3.19. The van der Waals surface area contributed by atoms with Gasteiger partial charge < -0.3 is 4.57 Å². The highest BCUT2D eigenvalue weighted by Crippen LogP contribution is 2.29. The van der Waals surface area contributed by atoms with Crippen LogP contribution in [0.2, 0.25) is 0 Å². The standard InChI is InChI=1S/C26H20N6S/c27-15-21-7-11-23(12-8-21)25-16-29-26(33-25)31-30-24(17-32-14-13-28-18-32)22-9-5-20(6-10-22)4-3-19-1-2-19/h5-14,16,18-19H,1-2,17H2,(H,29,31)/b30-24-. The molecule has 2 heterocycles. The minimum Gasteiger partial charge on any atom is -0.331 e. The van der Waals surface area contributed by atoms with Gasteiger partial charge in [-0.25, -0.2) is 9.97 Å². The monoisotopic (exact) mass is 448 g/mol. The fourth-order valence-corrected chi connectivity index (χ4v) is 3.95. The zero-order chi connectivity index (χ0) is 22.5. The van der Waals surface area contributed by atoms with Crippen LogP contribution in [-0.4, -0.2) is 20.2 Å². The minimum atomic E-state index is 0.577. The van der Waals surface area contributed by atoms with Crippen molar-refractivity contribution in [3.8, 4) is 28.4 Å². The van der Waals surface area contributed by atoms with Gasteiger partial charge in [-0.05, 0) is 48.2 Å². The number of nitrogens with one attached hydrogen (secondary N) is 1. The van der Waals surface area contributed by atoms with Crippen molar-refractivity contribution >= 4 is 22.2 Å². The first kappa shape index (κ1) is 20.7. The van der Waals surface area contributed by atoms with E-state index >= 15 is 0 Å². The highest BCUT2D eigenvalue weighted by Gasteiger charge is 2.17. The van der Waals surface area contributed by atoms with Crippen molar-refractivity contribution in [2.75, 3.05) is 5.43 Å². The molecule has 1 N–H and O–H groups in total. The van der Waals surface area contributed by atoms with E-state index in [-0.39, 0.29) is 0 Å². The number of imidazole rings is 1. The summed E-state index contributed by atoms with van der Waals surface area (Å²) in [6.45, 7) is 0.577. The van der Waals surface area contributed by atoms with Crippen molar-refractivity contribution in [1.82, 2.24) is 14.5 Å². The molecule has 0 atom stereocenters. The van der Waals surface area contributed by atoms with Gasteiger partial charge in [-0.2, -0.15) is 10.4 Å². The predicted octanol–water partition coefficient (Wildman–Crippen LogP) is 5.16. The summed E-state index contributed by atoms with van der Waals surface area (Å²) in [5.74, 6) is 7.14. The quantitative estimate of drug-likeness (QED) is 0.251. The third kappa shape index (κ3) is 5.35. The summed E-state index contributed by atoms with van der Waals surface area (Å²) in [5.41, 5.74) is 7.67. The van der Waals surface area contributed by atoms with Crippen molar-refractivity contribution < 1.29 is 0 Å². The molecule has 7 heteroatoms. The maximum Gasteiger partial charge on any atom is 0.203 e. The van der Waals surface area contributed by atoms with Crippen molar-refractivity contribution in [1.29, 1.82) is 5.26 Å². The van der Waals surface area contributed by atoms with Crippen molar-refractivity contribution in [3.63, 3.8) is 0 Å². The lowest BCUT2D eigenvalue weighted by Crippen LogP contribution is -2.12. The number of hydrazone groups is 1. The van der Waals surface area contributed by atoms with E-state index in [4.69, 9.17) is 5.26 Å². The first-order valence-electron chi connectivity index (χ1n) is 10.6. The van der Waals surface area contributed by atoms with Gasteiger partial charge in [-0.1, -0.05) is 47.4 Å². The van der Waals surface area contributed by atoms with Gasteiger partial charge in [-0.15, -0.1) is 0 Å². The first-order chi connectivity index (χ1) is 16.3. The maximum atomic E-state index is 8.98. The van der Waals surface area contributed by atoms with Gasteiger partial charge in [0.15, 0.2) is 0 Å². The molecule has 0 radical (unpaired) electrons. The molecule has 0 spiro atoms. The van der Waals surface area contributed by atoms with E-state index < -0.39 is 0 Å². The molecule has 160 valence electrons. The number of benzene rings is 2. The van der Waals surface area contributed by atoms with E-state index in [1.165, 1.54) is 24.2 Å². The van der Waals surface area contributed by atoms with Gasteiger partial charge in [0.1, 0.15) is 0 Å². The van der Waals surface area contributed by atoms with Gasteiger partial charge in [0.05, 0.1) is 35.1 Å². The van der Waals surface area contributed by atoms with Gasteiger partial charge >= 0.3 is 0 Å². The zero-order valence-electron chi connectivity index (χ0n) is 17.8. The molecule has 2 aromatic heterocycles. The molecule has 0 aliphatic heterocycles. The van der Waals surface area contributed by atoms with E-state index in [0.29, 0.717) is 23.2 Å². The summed E-state index contributed by atoms with van der Waals surface area (Å²) in [7, 11) is 0. The molecular weight excluding hydrogens is 428 g/mol. The van der Waals surface area contributed by atoms with Crippen LogP contribution in [0.5, 0.6) is 0 Å². The number of rotatable bonds is 6. The minimum absolute atomic E-state index is 0.577. The molecule has 0 unspecified atom stereocenters. The number of nitrogens with zero attached hydrogens (tertiary/aromatic N) is 5. The van der Waals surface area contributed by atoms with Crippen LogP contribution in [-0.2, 0) is 6.54 Å². The Morgan fingerprint density at radius 1 is 1.12 bits per heavy atom. The highest BCUT2D eigenvalue weighted by atomic mass is 32.1. The van der Waals surface area contributed by atoms with Crippen LogP contribution in [0.25, 0.3) is 10.4 Å². The molecule has 4 aromatic rings. The molecule has 5 rings (SSSR count). The predicted molar refractivity (Wildman–Crippen MR) is 131 cm³/mol. The van der Waals surface area contributed by atoms with Crippen LogP contribution in [0.1, 0.15) is 29.5 Å². The van der Waals surface area contributed by atoms with Crippen LogP contribution in [0.3, 0.4) is 0 Å². The van der Waals surface area contributed by atoms with Gasteiger partial charge in [0.2, 0.25) is 5.13 Å². The van der Waals surface area contributed by atoms with Gasteiger partial charge in [0, 0.05) is 30.1 Å². The topological polar surface area (TPSA) is 78.9 Å². The normalized spacial score (nSPS) is 13.1. The molecule has 1 aliphatic carbocycles. The second-order valence-corrected chi connectivity index (χ2v) is 8.78. The molecule has 1 saturated carbocycles. The summed E-state index contributed by atoms with van der Waals surface area (Å²) in [4.78, 5) is 9.60. The number of nitriles is 1. The molecule has 2 aromatic carbocycles. The molecule has 0 bridgehead atoms. The summed E-state index contributed by atoms with van der Waals surface area (Å²) < 4.78 is 1.98. The lowest BCUT2D eigenvalue weighted by Gasteiger charge is -2.08. The van der Waals surface area contributed by atoms with Crippen LogP contribution >= 0.6 is 11.3 Å². The number of anilines is 1. The van der Waals surface area contributed by atoms with Gasteiger partial charge in [0.25, 0.3) is 0 Å². The third-order valence-electron chi connectivity index (χ3n) is 5.20. The zero-order valence-corrected chi connectivity index (χ0v) is 18.6. The number of hydrogen-bond acceptors (Lipinski definition) is 6. The Labute approximate surface area is 196 Å². The van der Waals surface area contributed by atoms with Crippen LogP contribution in [0.4, 0.5) is 5.13 Å². The fraction of sp³-hybridized carbons (Fsp3) is 0.154. The Kier molecular flexibility index (Phi) is 5.97. The van der Waals surface area contributed by atoms with Crippen LogP contribution in [0.15, 0.2) is 78.6 Å². The Morgan fingerprint density at radius 3 is 2.61 bits per heavy atom. The Bertz CT molecular complexity index is 1360. The average Bonchev–Trinajstić information content (AvgIpc) is 3.32. The van der Waals surface area contributed by atoms with Crippen molar-refractivity contribution in [2.24, 2.45) is 11.0 Å². The SMILES string of the molecule is N#Cc1ccc(-c2cnc(N/N=C(/Cn3ccnc3)c3ccc(C#CC4CC4)cc3)s2)cc1. The second kappa shape index (κ2) is 9.52. The van der Waals surface area contributed by atoms with E-state index in [9.17, 15) is 0 Å². The van der Waals surface area contributed by atoms with E-state index in [1.54, 1.807) is 12.5 Å². The molecule has 33 heavy (non-hydrogen) atoms. The number of hydrogen-bond donors (Lipinski definition) is 1.